The molecular formula is C8H18N2. The molecule has 0 amide bonds. The molecule has 2 heteroatoms. The molecule has 1 atom stereocenters. The van der Waals surface area contributed by atoms with E-state index in [-0.39, 0.29) is 0 Å². The van der Waals surface area contributed by atoms with Crippen LogP contribution >= 0.6 is 0 Å². The Labute approximate surface area is 63.6 Å². The molecule has 0 bridgehead atoms. The summed E-state index contributed by atoms with van der Waals surface area (Å²) in [5, 5.41) is 3.33. The Balaban J connectivity index is 2.30. The van der Waals surface area contributed by atoms with Crippen molar-refractivity contribution >= 4 is 0 Å². The standard InChI is InChI=1S/C8H18N2/c1-9-8-5-3-4-6-10(2)7-8/h8-9H,3-7H2,1-2H3. The van der Waals surface area contributed by atoms with Crippen LogP contribution < -0.4 is 5.32 Å². The molecule has 0 aromatic rings. The highest BCUT2D eigenvalue weighted by atomic mass is 15.1. The van der Waals surface area contributed by atoms with Crippen LogP contribution in [-0.2, 0) is 0 Å². The van der Waals surface area contributed by atoms with Crippen LogP contribution in [0.2, 0.25) is 0 Å². The van der Waals surface area contributed by atoms with E-state index >= 15 is 0 Å². The number of nitrogens with zero attached hydrogens (tertiary/aromatic N) is 1. The van der Waals surface area contributed by atoms with Gasteiger partial charge in [0, 0.05) is 12.6 Å². The molecule has 1 aliphatic heterocycles. The van der Waals surface area contributed by atoms with E-state index in [1.807, 2.05) is 0 Å². The largest absolute Gasteiger partial charge is 0.316 e. The molecule has 10 heavy (non-hydrogen) atoms. The summed E-state index contributed by atoms with van der Waals surface area (Å²) in [6.07, 6.45) is 4.10. The monoisotopic (exact) mass is 142 g/mol. The molecule has 1 rings (SSSR count). The minimum Gasteiger partial charge on any atom is -0.316 e. The summed E-state index contributed by atoms with van der Waals surface area (Å²) < 4.78 is 0. The van der Waals surface area contributed by atoms with Crippen LogP contribution in [0.5, 0.6) is 0 Å². The quantitative estimate of drug-likeness (QED) is 0.579. The Morgan fingerprint density at radius 1 is 1.40 bits per heavy atom. The average Bonchev–Trinajstić information content (AvgIpc) is 2.13. The van der Waals surface area contributed by atoms with Crippen molar-refractivity contribution < 1.29 is 0 Å². The number of rotatable bonds is 1. The minimum atomic E-state index is 0.729. The summed E-state index contributed by atoms with van der Waals surface area (Å²) in [5.74, 6) is 0. The van der Waals surface area contributed by atoms with Crippen molar-refractivity contribution in [1.82, 2.24) is 10.2 Å². The smallest absolute Gasteiger partial charge is 0.0191 e. The molecule has 1 aliphatic rings. The topological polar surface area (TPSA) is 15.3 Å². The zero-order chi connectivity index (χ0) is 7.40. The Morgan fingerprint density at radius 3 is 2.90 bits per heavy atom. The van der Waals surface area contributed by atoms with Gasteiger partial charge >= 0.3 is 0 Å². The van der Waals surface area contributed by atoms with Crippen LogP contribution in [0.4, 0.5) is 0 Å². The minimum absolute atomic E-state index is 0.729. The molecule has 1 fully saturated rings. The molecule has 60 valence electrons. The lowest BCUT2D eigenvalue weighted by Crippen LogP contribution is -2.35. The maximum absolute atomic E-state index is 3.33. The van der Waals surface area contributed by atoms with E-state index in [4.69, 9.17) is 0 Å². The van der Waals surface area contributed by atoms with Crippen molar-refractivity contribution in [2.75, 3.05) is 27.2 Å². The van der Waals surface area contributed by atoms with Crippen LogP contribution in [-0.4, -0.2) is 38.1 Å². The van der Waals surface area contributed by atoms with Gasteiger partial charge in [-0.3, -0.25) is 0 Å². The van der Waals surface area contributed by atoms with Gasteiger partial charge in [-0.05, 0) is 33.5 Å². The fourth-order valence-electron chi connectivity index (χ4n) is 1.57. The van der Waals surface area contributed by atoms with Gasteiger partial charge in [-0.1, -0.05) is 6.42 Å². The van der Waals surface area contributed by atoms with Crippen LogP contribution in [0.3, 0.4) is 0 Å². The SMILES string of the molecule is CNC1CCCCN(C)C1. The third-order valence-corrected chi connectivity index (χ3v) is 2.28. The summed E-state index contributed by atoms with van der Waals surface area (Å²) in [4.78, 5) is 2.41. The fraction of sp³-hybridized carbons (Fsp3) is 1.00. The predicted octanol–water partition coefficient (Wildman–Crippen LogP) is 0.690. The summed E-state index contributed by atoms with van der Waals surface area (Å²) in [7, 11) is 4.26. The summed E-state index contributed by atoms with van der Waals surface area (Å²) in [5.41, 5.74) is 0. The maximum Gasteiger partial charge on any atom is 0.0191 e. The van der Waals surface area contributed by atoms with Crippen molar-refractivity contribution in [2.24, 2.45) is 0 Å². The van der Waals surface area contributed by atoms with Gasteiger partial charge in [-0.25, -0.2) is 0 Å². The Hall–Kier alpha value is -0.0800. The van der Waals surface area contributed by atoms with Gasteiger partial charge in [0.15, 0.2) is 0 Å². The molecule has 0 radical (unpaired) electrons. The van der Waals surface area contributed by atoms with Crippen LogP contribution in [0.15, 0.2) is 0 Å². The third kappa shape index (κ3) is 2.27. The van der Waals surface area contributed by atoms with E-state index in [0.717, 1.165) is 6.04 Å². The van der Waals surface area contributed by atoms with Crippen molar-refractivity contribution in [3.8, 4) is 0 Å². The number of nitrogens with one attached hydrogen (secondary N) is 1. The van der Waals surface area contributed by atoms with E-state index < -0.39 is 0 Å². The van der Waals surface area contributed by atoms with Crippen molar-refractivity contribution in [1.29, 1.82) is 0 Å². The van der Waals surface area contributed by atoms with E-state index in [0.29, 0.717) is 0 Å². The molecule has 0 spiro atoms. The Morgan fingerprint density at radius 2 is 2.20 bits per heavy atom. The molecule has 0 aliphatic carbocycles. The first-order valence-corrected chi connectivity index (χ1v) is 4.18. The number of likely N-dealkylation sites (N-methyl/N-ethyl adjacent to an activating group) is 2. The van der Waals surface area contributed by atoms with Crippen molar-refractivity contribution in [2.45, 2.75) is 25.3 Å². The number of hydrogen-bond acceptors (Lipinski definition) is 2. The van der Waals surface area contributed by atoms with E-state index in [2.05, 4.69) is 24.3 Å². The van der Waals surface area contributed by atoms with Crippen LogP contribution in [0.25, 0.3) is 0 Å². The Bertz CT molecular complexity index is 93.3. The molecular weight excluding hydrogens is 124 g/mol. The van der Waals surface area contributed by atoms with Gasteiger partial charge in [0.05, 0.1) is 0 Å². The first-order chi connectivity index (χ1) is 4.83. The molecule has 2 nitrogen and oxygen atoms in total. The zero-order valence-corrected chi connectivity index (χ0v) is 7.06. The van der Waals surface area contributed by atoms with Gasteiger partial charge in [-0.2, -0.15) is 0 Å². The van der Waals surface area contributed by atoms with Crippen molar-refractivity contribution in [3.05, 3.63) is 0 Å². The first-order valence-electron chi connectivity index (χ1n) is 4.18. The summed E-state index contributed by atoms with van der Waals surface area (Å²) >= 11 is 0. The molecule has 1 N–H and O–H groups in total. The molecule has 1 heterocycles. The van der Waals surface area contributed by atoms with Crippen LogP contribution in [0.1, 0.15) is 19.3 Å². The highest BCUT2D eigenvalue weighted by Gasteiger charge is 2.12. The normalized spacial score (nSPS) is 30.0. The van der Waals surface area contributed by atoms with Gasteiger partial charge in [0.25, 0.3) is 0 Å². The van der Waals surface area contributed by atoms with E-state index in [1.54, 1.807) is 0 Å². The summed E-state index contributed by atoms with van der Waals surface area (Å²) in [6, 6.07) is 0.729. The first kappa shape index (κ1) is 8.02. The lowest BCUT2D eigenvalue weighted by Gasteiger charge is -2.18. The van der Waals surface area contributed by atoms with Gasteiger partial charge < -0.3 is 10.2 Å². The molecule has 0 aromatic heterocycles. The second-order valence-corrected chi connectivity index (χ2v) is 3.24. The number of likely N-dealkylation sites (tertiary alicyclic amines) is 1. The maximum atomic E-state index is 3.33. The molecule has 0 saturated carbocycles. The second kappa shape index (κ2) is 3.94. The average molecular weight is 142 g/mol. The Kier molecular flexibility index (Phi) is 3.16. The second-order valence-electron chi connectivity index (χ2n) is 3.24. The summed E-state index contributed by atoms with van der Waals surface area (Å²) in [6.45, 7) is 2.49. The highest BCUT2D eigenvalue weighted by Crippen LogP contribution is 2.07. The lowest BCUT2D eigenvalue weighted by molar-refractivity contribution is 0.317. The lowest BCUT2D eigenvalue weighted by atomic mass is 10.1. The van der Waals surface area contributed by atoms with E-state index in [1.165, 1.54) is 32.4 Å². The van der Waals surface area contributed by atoms with E-state index in [9.17, 15) is 0 Å². The molecule has 1 saturated heterocycles. The number of hydrogen-bond donors (Lipinski definition) is 1. The molecule has 0 aromatic carbocycles. The highest BCUT2D eigenvalue weighted by molar-refractivity contribution is 4.72. The van der Waals surface area contributed by atoms with Gasteiger partial charge in [0.1, 0.15) is 0 Å². The third-order valence-electron chi connectivity index (χ3n) is 2.28. The predicted molar refractivity (Wildman–Crippen MR) is 44.2 cm³/mol. The van der Waals surface area contributed by atoms with Gasteiger partial charge in [0.2, 0.25) is 0 Å². The molecule has 1 unspecified atom stereocenters. The fourth-order valence-corrected chi connectivity index (χ4v) is 1.57. The van der Waals surface area contributed by atoms with Gasteiger partial charge in [-0.15, -0.1) is 0 Å². The zero-order valence-electron chi connectivity index (χ0n) is 7.06. The van der Waals surface area contributed by atoms with Crippen LogP contribution in [0, 0.1) is 0 Å². The van der Waals surface area contributed by atoms with Crippen molar-refractivity contribution in [3.63, 3.8) is 0 Å².